The summed E-state index contributed by atoms with van der Waals surface area (Å²) >= 11 is 0. The van der Waals surface area contributed by atoms with Crippen molar-refractivity contribution in [1.29, 1.82) is 0 Å². The maximum Gasteiger partial charge on any atom is 0.408 e. The first-order valence-corrected chi connectivity index (χ1v) is 4.97. The van der Waals surface area contributed by atoms with Gasteiger partial charge in [-0.25, -0.2) is 9.59 Å². The maximum atomic E-state index is 11.3. The van der Waals surface area contributed by atoms with E-state index in [0.717, 1.165) is 0 Å². The molecule has 0 unspecified atom stereocenters. The summed E-state index contributed by atoms with van der Waals surface area (Å²) in [7, 11) is 0. The zero-order valence-corrected chi connectivity index (χ0v) is 9.48. The van der Waals surface area contributed by atoms with Gasteiger partial charge in [0, 0.05) is 6.42 Å². The second-order valence-electron chi connectivity index (χ2n) is 4.55. The van der Waals surface area contributed by atoms with Gasteiger partial charge < -0.3 is 14.8 Å². The third kappa shape index (κ3) is 3.52. The van der Waals surface area contributed by atoms with Crippen LogP contribution in [0.5, 0.6) is 0 Å². The fourth-order valence-corrected chi connectivity index (χ4v) is 1.26. The van der Waals surface area contributed by atoms with Gasteiger partial charge >= 0.3 is 12.1 Å². The monoisotopic (exact) mass is 229 g/mol. The van der Waals surface area contributed by atoms with Gasteiger partial charge in [-0.15, -0.1) is 0 Å². The van der Waals surface area contributed by atoms with Crippen molar-refractivity contribution in [2.24, 2.45) is 0 Å². The van der Waals surface area contributed by atoms with Gasteiger partial charge in [0.25, 0.3) is 0 Å². The Bertz CT molecular complexity index is 307. The van der Waals surface area contributed by atoms with Crippen LogP contribution >= 0.6 is 0 Å². The average molecular weight is 229 g/mol. The van der Waals surface area contributed by atoms with Crippen molar-refractivity contribution in [3.8, 4) is 0 Å². The maximum absolute atomic E-state index is 11.3. The Labute approximate surface area is 93.3 Å². The molecular formula is C10H15NO5. The number of cyclic esters (lactones) is 1. The highest BCUT2D eigenvalue weighted by molar-refractivity contribution is 5.85. The van der Waals surface area contributed by atoms with Crippen LogP contribution in [-0.2, 0) is 19.1 Å². The van der Waals surface area contributed by atoms with Crippen LogP contribution in [0.2, 0.25) is 0 Å². The highest BCUT2D eigenvalue weighted by atomic mass is 16.6. The Balaban J connectivity index is 2.46. The lowest BCUT2D eigenvalue weighted by Gasteiger charge is -2.20. The molecule has 0 spiro atoms. The van der Waals surface area contributed by atoms with Crippen molar-refractivity contribution in [3.63, 3.8) is 0 Å². The largest absolute Gasteiger partial charge is 0.453 e. The summed E-state index contributed by atoms with van der Waals surface area (Å²) in [6, 6.07) is -0.801. The molecule has 1 amide bonds. The standard InChI is InChI=1S/C10H15NO5/c1-10(2,3)16-9(14)11-7-4-6(5-12)15-8(7)13/h5-7H,4H2,1-3H3,(H,11,14)/t6-,7+/m1/s1. The number of nitrogens with one attached hydrogen (secondary N) is 1. The lowest BCUT2D eigenvalue weighted by molar-refractivity contribution is -0.145. The molecule has 0 bridgehead atoms. The van der Waals surface area contributed by atoms with Gasteiger partial charge in [0.1, 0.15) is 11.6 Å². The number of ether oxygens (including phenoxy) is 2. The summed E-state index contributed by atoms with van der Waals surface area (Å²) < 4.78 is 9.65. The first-order chi connectivity index (χ1) is 7.31. The van der Waals surface area contributed by atoms with Gasteiger partial charge in [0.15, 0.2) is 12.4 Å². The van der Waals surface area contributed by atoms with E-state index in [4.69, 9.17) is 4.74 Å². The zero-order valence-electron chi connectivity index (χ0n) is 9.48. The first kappa shape index (κ1) is 12.5. The van der Waals surface area contributed by atoms with Crippen molar-refractivity contribution in [2.75, 3.05) is 0 Å². The molecule has 0 aromatic carbocycles. The number of hydrogen-bond donors (Lipinski definition) is 1. The van der Waals surface area contributed by atoms with Crippen LogP contribution in [0.25, 0.3) is 0 Å². The smallest absolute Gasteiger partial charge is 0.408 e. The molecule has 6 heteroatoms. The van der Waals surface area contributed by atoms with Crippen LogP contribution in [0.1, 0.15) is 27.2 Å². The molecule has 1 aliphatic rings. The van der Waals surface area contributed by atoms with E-state index in [1.165, 1.54) is 0 Å². The lowest BCUT2D eigenvalue weighted by atomic mass is 10.2. The molecule has 90 valence electrons. The Kier molecular flexibility index (Phi) is 3.51. The van der Waals surface area contributed by atoms with Crippen molar-refractivity contribution in [3.05, 3.63) is 0 Å². The molecule has 1 aliphatic heterocycles. The van der Waals surface area contributed by atoms with E-state index in [0.29, 0.717) is 6.29 Å². The van der Waals surface area contributed by atoms with Crippen molar-refractivity contribution < 1.29 is 23.9 Å². The molecule has 16 heavy (non-hydrogen) atoms. The first-order valence-electron chi connectivity index (χ1n) is 4.97. The summed E-state index contributed by atoms with van der Waals surface area (Å²) in [4.78, 5) is 32.9. The number of alkyl carbamates (subject to hydrolysis) is 1. The fraction of sp³-hybridized carbons (Fsp3) is 0.700. The van der Waals surface area contributed by atoms with Crippen molar-refractivity contribution in [2.45, 2.75) is 44.9 Å². The van der Waals surface area contributed by atoms with E-state index >= 15 is 0 Å². The van der Waals surface area contributed by atoms with Gasteiger partial charge in [-0.1, -0.05) is 0 Å². The van der Waals surface area contributed by atoms with E-state index in [-0.39, 0.29) is 6.42 Å². The van der Waals surface area contributed by atoms with Crippen LogP contribution in [-0.4, -0.2) is 36.1 Å². The molecule has 1 heterocycles. The number of rotatable bonds is 2. The molecule has 0 radical (unpaired) electrons. The Morgan fingerprint density at radius 1 is 1.56 bits per heavy atom. The Morgan fingerprint density at radius 3 is 2.62 bits per heavy atom. The van der Waals surface area contributed by atoms with Crippen molar-refractivity contribution in [1.82, 2.24) is 5.32 Å². The number of aldehydes is 1. The predicted molar refractivity (Wildman–Crippen MR) is 53.7 cm³/mol. The molecule has 0 saturated carbocycles. The highest BCUT2D eigenvalue weighted by Crippen LogP contribution is 2.14. The lowest BCUT2D eigenvalue weighted by Crippen LogP contribution is -2.41. The second-order valence-corrected chi connectivity index (χ2v) is 4.55. The van der Waals surface area contributed by atoms with E-state index < -0.39 is 29.8 Å². The summed E-state index contributed by atoms with van der Waals surface area (Å²) in [5.74, 6) is -0.608. The van der Waals surface area contributed by atoms with E-state index in [9.17, 15) is 14.4 Å². The average Bonchev–Trinajstić information content (AvgIpc) is 2.44. The molecule has 1 N–H and O–H groups in total. The zero-order chi connectivity index (χ0) is 12.3. The van der Waals surface area contributed by atoms with Crippen LogP contribution < -0.4 is 5.32 Å². The fourth-order valence-electron chi connectivity index (χ4n) is 1.26. The summed E-state index contributed by atoms with van der Waals surface area (Å²) in [5, 5.41) is 2.35. The van der Waals surface area contributed by atoms with Gasteiger partial charge in [-0.3, -0.25) is 4.79 Å². The van der Waals surface area contributed by atoms with Crippen LogP contribution in [0.15, 0.2) is 0 Å². The van der Waals surface area contributed by atoms with Gasteiger partial charge in [0.05, 0.1) is 0 Å². The minimum Gasteiger partial charge on any atom is -0.453 e. The van der Waals surface area contributed by atoms with Crippen LogP contribution in [0.3, 0.4) is 0 Å². The molecule has 1 saturated heterocycles. The van der Waals surface area contributed by atoms with Gasteiger partial charge in [-0.2, -0.15) is 0 Å². The van der Waals surface area contributed by atoms with Crippen molar-refractivity contribution >= 4 is 18.3 Å². The second kappa shape index (κ2) is 4.51. The molecule has 1 fully saturated rings. The molecule has 0 aliphatic carbocycles. The summed E-state index contributed by atoms with van der Waals surface area (Å²) in [6.45, 7) is 5.15. The minimum absolute atomic E-state index is 0.154. The molecule has 0 aromatic rings. The normalized spacial score (nSPS) is 24.8. The molecule has 0 aromatic heterocycles. The molecule has 1 rings (SSSR count). The number of carbonyl (C=O) groups is 3. The quantitative estimate of drug-likeness (QED) is 0.547. The van der Waals surface area contributed by atoms with Crippen LogP contribution in [0.4, 0.5) is 4.79 Å². The predicted octanol–water partition coefficient (Wildman–Crippen LogP) is 0.394. The molecule has 6 nitrogen and oxygen atoms in total. The van der Waals surface area contributed by atoms with Gasteiger partial charge in [0.2, 0.25) is 0 Å². The third-order valence-corrected chi connectivity index (χ3v) is 1.86. The van der Waals surface area contributed by atoms with E-state index in [1.807, 2.05) is 0 Å². The summed E-state index contributed by atoms with van der Waals surface area (Å²) in [5.41, 5.74) is -0.628. The van der Waals surface area contributed by atoms with Gasteiger partial charge in [-0.05, 0) is 20.8 Å². The minimum atomic E-state index is -0.801. The Hall–Kier alpha value is -1.59. The summed E-state index contributed by atoms with van der Waals surface area (Å²) in [6.07, 6.45) is -0.774. The number of hydrogen-bond acceptors (Lipinski definition) is 5. The van der Waals surface area contributed by atoms with Crippen LogP contribution in [0, 0.1) is 0 Å². The SMILES string of the molecule is CC(C)(C)OC(=O)N[C@H]1C[C@H](C=O)OC1=O. The third-order valence-electron chi connectivity index (χ3n) is 1.86. The number of amides is 1. The topological polar surface area (TPSA) is 81.7 Å². The Morgan fingerprint density at radius 2 is 2.19 bits per heavy atom. The number of carbonyl (C=O) groups excluding carboxylic acids is 3. The highest BCUT2D eigenvalue weighted by Gasteiger charge is 2.36. The van der Waals surface area contributed by atoms with E-state index in [2.05, 4.69) is 10.1 Å². The van der Waals surface area contributed by atoms with E-state index in [1.54, 1.807) is 20.8 Å². The molecular weight excluding hydrogens is 214 g/mol. The molecule has 2 atom stereocenters. The number of esters is 1.